The first-order chi connectivity index (χ1) is 28.0. The third-order valence-corrected chi connectivity index (χ3v) is 9.10. The van der Waals surface area contributed by atoms with Crippen LogP contribution in [-0.4, -0.2) is 37.2 Å². The fraction of sp³-hybridized carbons (Fsp3) is 0.627. The van der Waals surface area contributed by atoms with E-state index in [1.807, 2.05) is 12.2 Å². The molecule has 1 unspecified atom stereocenters. The Balaban J connectivity index is 4.28. The molecule has 0 rings (SSSR count). The predicted octanol–water partition coefficient (Wildman–Crippen LogP) is 14.6. The number of esters is 3. The SMILES string of the molecule is CC/C=C\C/C=C\C/C=C\C/C=C\CCCCCCCCCCC(=O)OCC(COC(=O)CCCCCCC)OC(=O)CC/C=C\C/C=C\C/C=C\C/C=C\CC. The Morgan fingerprint density at radius 3 is 1.14 bits per heavy atom. The van der Waals surface area contributed by atoms with Crippen LogP contribution in [0.15, 0.2) is 97.2 Å². The molecule has 0 radical (unpaired) electrons. The Morgan fingerprint density at radius 1 is 0.368 bits per heavy atom. The first-order valence-corrected chi connectivity index (χ1v) is 22.7. The van der Waals surface area contributed by atoms with Crippen molar-refractivity contribution in [2.75, 3.05) is 13.2 Å². The van der Waals surface area contributed by atoms with E-state index in [1.54, 1.807) is 0 Å². The molecule has 0 fully saturated rings. The van der Waals surface area contributed by atoms with Gasteiger partial charge in [0.2, 0.25) is 0 Å². The highest BCUT2D eigenvalue weighted by Crippen LogP contribution is 2.12. The van der Waals surface area contributed by atoms with Crippen LogP contribution in [0.25, 0.3) is 0 Å². The number of carbonyl (C=O) groups excluding carboxylic acids is 3. The lowest BCUT2D eigenvalue weighted by atomic mass is 10.1. The molecule has 1 atom stereocenters. The number of hydrogen-bond donors (Lipinski definition) is 0. The smallest absolute Gasteiger partial charge is 0.306 e. The van der Waals surface area contributed by atoms with Gasteiger partial charge < -0.3 is 14.2 Å². The zero-order chi connectivity index (χ0) is 41.5. The summed E-state index contributed by atoms with van der Waals surface area (Å²) < 4.78 is 16.5. The van der Waals surface area contributed by atoms with Crippen molar-refractivity contribution < 1.29 is 28.6 Å². The second-order valence-corrected chi connectivity index (χ2v) is 14.5. The van der Waals surface area contributed by atoms with Gasteiger partial charge in [0, 0.05) is 19.3 Å². The summed E-state index contributed by atoms with van der Waals surface area (Å²) >= 11 is 0. The predicted molar refractivity (Wildman–Crippen MR) is 242 cm³/mol. The zero-order valence-corrected chi connectivity index (χ0v) is 36.6. The van der Waals surface area contributed by atoms with Crippen LogP contribution in [-0.2, 0) is 28.6 Å². The third kappa shape index (κ3) is 43.3. The van der Waals surface area contributed by atoms with E-state index in [1.165, 1.54) is 32.1 Å². The van der Waals surface area contributed by atoms with Crippen molar-refractivity contribution in [2.45, 2.75) is 194 Å². The summed E-state index contributed by atoms with van der Waals surface area (Å²) in [4.78, 5) is 37.4. The van der Waals surface area contributed by atoms with E-state index in [2.05, 4.69) is 106 Å². The molecule has 6 heteroatoms. The average molecular weight is 791 g/mol. The highest BCUT2D eigenvalue weighted by atomic mass is 16.6. The fourth-order valence-electron chi connectivity index (χ4n) is 5.74. The minimum atomic E-state index is -0.814. The maximum atomic E-state index is 12.6. The lowest BCUT2D eigenvalue weighted by molar-refractivity contribution is -0.166. The summed E-state index contributed by atoms with van der Waals surface area (Å²) in [7, 11) is 0. The topological polar surface area (TPSA) is 78.9 Å². The first-order valence-electron chi connectivity index (χ1n) is 22.7. The van der Waals surface area contributed by atoms with Crippen LogP contribution in [0.1, 0.15) is 188 Å². The molecule has 0 bridgehead atoms. The molecule has 0 amide bonds. The Bertz CT molecular complexity index is 1180. The fourth-order valence-corrected chi connectivity index (χ4v) is 5.74. The minimum Gasteiger partial charge on any atom is -0.462 e. The van der Waals surface area contributed by atoms with Crippen molar-refractivity contribution in [1.29, 1.82) is 0 Å². The molecule has 0 aromatic rings. The van der Waals surface area contributed by atoms with Gasteiger partial charge in [0.1, 0.15) is 13.2 Å². The molecule has 0 saturated carbocycles. The Hall–Kier alpha value is -3.67. The van der Waals surface area contributed by atoms with Crippen molar-refractivity contribution >= 4 is 17.9 Å². The van der Waals surface area contributed by atoms with Crippen LogP contribution in [0.4, 0.5) is 0 Å². The highest BCUT2D eigenvalue weighted by Gasteiger charge is 2.19. The van der Waals surface area contributed by atoms with Gasteiger partial charge >= 0.3 is 17.9 Å². The first kappa shape index (κ1) is 53.3. The number of rotatable bonds is 39. The molecule has 0 aromatic carbocycles. The van der Waals surface area contributed by atoms with Gasteiger partial charge in [-0.2, -0.15) is 0 Å². The van der Waals surface area contributed by atoms with Gasteiger partial charge in [-0.1, -0.05) is 182 Å². The van der Waals surface area contributed by atoms with Crippen LogP contribution in [0.5, 0.6) is 0 Å². The van der Waals surface area contributed by atoms with Crippen molar-refractivity contribution in [1.82, 2.24) is 0 Å². The molecule has 0 heterocycles. The van der Waals surface area contributed by atoms with E-state index in [4.69, 9.17) is 14.2 Å². The molecule has 322 valence electrons. The molecule has 0 aliphatic rings. The quantitative estimate of drug-likeness (QED) is 0.0267. The molecule has 0 spiro atoms. The van der Waals surface area contributed by atoms with Crippen LogP contribution in [0, 0.1) is 0 Å². The maximum Gasteiger partial charge on any atom is 0.306 e. The lowest BCUT2D eigenvalue weighted by Crippen LogP contribution is -2.30. The van der Waals surface area contributed by atoms with Crippen molar-refractivity contribution in [2.24, 2.45) is 0 Å². The molecule has 6 nitrogen and oxygen atoms in total. The van der Waals surface area contributed by atoms with Crippen molar-refractivity contribution in [3.05, 3.63) is 97.2 Å². The van der Waals surface area contributed by atoms with E-state index in [9.17, 15) is 14.4 Å². The molecule has 0 aliphatic carbocycles. The standard InChI is InChI=1S/C51H82O6/c1-4-7-10-13-15-17-19-21-22-23-24-25-26-27-28-30-31-33-35-38-41-44-50(53)56-47-48(46-55-49(52)43-40-37-12-9-6-3)57-51(54)45-42-39-36-34-32-29-20-18-16-14-11-8-5-2/h7-8,10-11,15-18,21-22,24-25,29,32,36,39,48H,4-6,9,12-14,19-20,23,26-28,30-31,33-35,37-38,40-47H2,1-3H3/b10-7-,11-8-,17-15-,18-16-,22-21-,25-24-,32-29-,39-36-. The summed E-state index contributed by atoms with van der Waals surface area (Å²) in [6.07, 6.45) is 58.7. The van der Waals surface area contributed by atoms with Crippen molar-refractivity contribution in [3.8, 4) is 0 Å². The maximum absolute atomic E-state index is 12.6. The Labute approximate surface area is 349 Å². The van der Waals surface area contributed by atoms with Gasteiger partial charge in [-0.25, -0.2) is 0 Å². The van der Waals surface area contributed by atoms with Gasteiger partial charge in [0.05, 0.1) is 0 Å². The van der Waals surface area contributed by atoms with Crippen molar-refractivity contribution in [3.63, 3.8) is 0 Å². The lowest BCUT2D eigenvalue weighted by Gasteiger charge is -2.18. The number of hydrogen-bond acceptors (Lipinski definition) is 6. The second kappa shape index (κ2) is 45.0. The minimum absolute atomic E-state index is 0.111. The summed E-state index contributed by atoms with van der Waals surface area (Å²) in [5.41, 5.74) is 0. The summed E-state index contributed by atoms with van der Waals surface area (Å²) in [6.45, 7) is 6.22. The van der Waals surface area contributed by atoms with E-state index in [-0.39, 0.29) is 31.6 Å². The van der Waals surface area contributed by atoms with Crippen LogP contribution < -0.4 is 0 Å². The highest BCUT2D eigenvalue weighted by molar-refractivity contribution is 5.71. The van der Waals surface area contributed by atoms with E-state index >= 15 is 0 Å². The largest absolute Gasteiger partial charge is 0.462 e. The van der Waals surface area contributed by atoms with Gasteiger partial charge in [0.15, 0.2) is 6.10 Å². The molecule has 0 saturated heterocycles. The number of carbonyl (C=O) groups is 3. The molecule has 0 aromatic heterocycles. The zero-order valence-electron chi connectivity index (χ0n) is 36.6. The van der Waals surface area contributed by atoms with Gasteiger partial charge in [-0.15, -0.1) is 0 Å². The normalized spacial score (nSPS) is 13.0. The average Bonchev–Trinajstić information content (AvgIpc) is 3.21. The Morgan fingerprint density at radius 2 is 0.719 bits per heavy atom. The van der Waals surface area contributed by atoms with E-state index < -0.39 is 12.1 Å². The molecule has 57 heavy (non-hydrogen) atoms. The second-order valence-electron chi connectivity index (χ2n) is 14.5. The van der Waals surface area contributed by atoms with Gasteiger partial charge in [0.25, 0.3) is 0 Å². The van der Waals surface area contributed by atoms with Crippen LogP contribution >= 0.6 is 0 Å². The van der Waals surface area contributed by atoms with Crippen LogP contribution in [0.3, 0.4) is 0 Å². The molecule has 0 N–H and O–H groups in total. The Kier molecular flexibility index (Phi) is 42.1. The van der Waals surface area contributed by atoms with E-state index in [0.29, 0.717) is 19.3 Å². The molecular formula is C51H82O6. The van der Waals surface area contributed by atoms with Gasteiger partial charge in [-0.05, 0) is 83.5 Å². The summed E-state index contributed by atoms with van der Waals surface area (Å²) in [6, 6.07) is 0. The number of allylic oxidation sites excluding steroid dienone is 16. The molecule has 0 aliphatic heterocycles. The summed E-state index contributed by atoms with van der Waals surface area (Å²) in [5, 5.41) is 0. The van der Waals surface area contributed by atoms with Crippen LogP contribution in [0.2, 0.25) is 0 Å². The van der Waals surface area contributed by atoms with E-state index in [0.717, 1.165) is 109 Å². The third-order valence-electron chi connectivity index (χ3n) is 9.10. The monoisotopic (exact) mass is 791 g/mol. The number of ether oxygens (including phenoxy) is 3. The number of unbranched alkanes of at least 4 members (excludes halogenated alkanes) is 12. The summed E-state index contributed by atoms with van der Waals surface area (Å²) in [5.74, 6) is -1.03. The van der Waals surface area contributed by atoms with Gasteiger partial charge in [-0.3, -0.25) is 14.4 Å². The molecular weight excluding hydrogens is 709 g/mol.